The molecule has 8 atom stereocenters. The highest BCUT2D eigenvalue weighted by molar-refractivity contribution is 5.90. The fourth-order valence-electron chi connectivity index (χ4n) is 11.8. The van der Waals surface area contributed by atoms with Crippen LogP contribution >= 0.6 is 0 Å². The zero-order valence-electron chi connectivity index (χ0n) is 26.3. The predicted molar refractivity (Wildman–Crippen MR) is 163 cm³/mol. The molecule has 3 fully saturated rings. The molecule has 0 aromatic heterocycles. The Hall–Kier alpha value is -2.36. The minimum atomic E-state index is -0.568. The van der Waals surface area contributed by atoms with Gasteiger partial charge < -0.3 is 9.84 Å². The fourth-order valence-corrected chi connectivity index (χ4v) is 11.8. The highest BCUT2D eigenvalue weighted by Gasteiger charge is 2.68. The van der Waals surface area contributed by atoms with E-state index in [0.29, 0.717) is 23.3 Å². The zero-order valence-corrected chi connectivity index (χ0v) is 26.3. The van der Waals surface area contributed by atoms with E-state index in [1.807, 2.05) is 12.1 Å². The maximum Gasteiger partial charge on any atom is 0.337 e. The topological polar surface area (TPSA) is 63.6 Å². The van der Waals surface area contributed by atoms with Crippen LogP contribution < -0.4 is 0 Å². The number of fused-ring (bicyclic) bond motifs is 7. The molecule has 5 aliphatic rings. The summed E-state index contributed by atoms with van der Waals surface area (Å²) in [5.74, 6) is 0.892. The summed E-state index contributed by atoms with van der Waals surface area (Å²) in [5, 5.41) is 10.6. The van der Waals surface area contributed by atoms with Gasteiger partial charge in [-0.15, -0.1) is 0 Å². The second-order valence-corrected chi connectivity index (χ2v) is 15.7. The number of hydrogen-bond acceptors (Lipinski definition) is 3. The van der Waals surface area contributed by atoms with E-state index in [9.17, 15) is 14.7 Å². The first-order valence-corrected chi connectivity index (χ1v) is 16.1. The van der Waals surface area contributed by atoms with Gasteiger partial charge in [0.05, 0.1) is 18.1 Å². The molecule has 3 saturated carbocycles. The van der Waals surface area contributed by atoms with Crippen molar-refractivity contribution >= 4 is 17.5 Å². The lowest BCUT2D eigenvalue weighted by Gasteiger charge is -2.70. The Morgan fingerprint density at radius 2 is 1.61 bits per heavy atom. The standard InChI is InChI=1S/C37H50O4/c1-23-9-8-18-37(32(39)40)22-21-35(5)27(30(23)37)14-15-29-34(4)19-16-26(24-10-12-25(13-11-24)31(38)41-7)33(2,3)28(34)17-20-36(29,35)6/h10-14,16,23,28-30H,8-9,15,17-22H2,1-7H3,(H,39,40). The molecule has 1 N–H and O–H groups in total. The first kappa shape index (κ1) is 28.7. The van der Waals surface area contributed by atoms with E-state index in [-0.39, 0.29) is 33.5 Å². The van der Waals surface area contributed by atoms with Crippen LogP contribution in [0.3, 0.4) is 0 Å². The molecule has 4 nitrogen and oxygen atoms in total. The lowest BCUT2D eigenvalue weighted by molar-refractivity contribution is -0.177. The van der Waals surface area contributed by atoms with Crippen molar-refractivity contribution in [3.05, 3.63) is 53.1 Å². The average Bonchev–Trinajstić information content (AvgIpc) is 2.93. The maximum atomic E-state index is 12.9. The third kappa shape index (κ3) is 3.70. The zero-order chi connectivity index (χ0) is 29.6. The fraction of sp³-hybridized carbons (Fsp3) is 0.676. The maximum absolute atomic E-state index is 12.9. The van der Waals surface area contributed by atoms with E-state index >= 15 is 0 Å². The largest absolute Gasteiger partial charge is 0.481 e. The number of methoxy groups -OCH3 is 1. The Bertz CT molecular complexity index is 1320. The van der Waals surface area contributed by atoms with Crippen LogP contribution in [0.1, 0.15) is 115 Å². The monoisotopic (exact) mass is 558 g/mol. The number of aliphatic carboxylic acids is 1. The van der Waals surface area contributed by atoms with Crippen molar-refractivity contribution in [1.29, 1.82) is 0 Å². The van der Waals surface area contributed by atoms with E-state index in [0.717, 1.165) is 44.9 Å². The molecule has 0 radical (unpaired) electrons. The first-order valence-electron chi connectivity index (χ1n) is 16.1. The Balaban J connectivity index is 1.38. The highest BCUT2D eigenvalue weighted by Crippen LogP contribution is 2.75. The number of carbonyl (C=O) groups is 2. The number of allylic oxidation sites excluding steroid dienone is 4. The molecular weight excluding hydrogens is 508 g/mol. The Kier molecular flexibility index (Phi) is 6.53. The van der Waals surface area contributed by atoms with Crippen LogP contribution in [0.2, 0.25) is 0 Å². The van der Waals surface area contributed by atoms with Crippen LogP contribution in [-0.4, -0.2) is 24.2 Å². The molecule has 4 heteroatoms. The van der Waals surface area contributed by atoms with Crippen LogP contribution in [0.5, 0.6) is 0 Å². The highest BCUT2D eigenvalue weighted by atomic mass is 16.5. The summed E-state index contributed by atoms with van der Waals surface area (Å²) in [6.45, 7) is 14.9. The van der Waals surface area contributed by atoms with Gasteiger partial charge in [-0.05, 0) is 114 Å². The Morgan fingerprint density at radius 1 is 0.902 bits per heavy atom. The van der Waals surface area contributed by atoms with Gasteiger partial charge in [-0.25, -0.2) is 4.79 Å². The molecular formula is C37H50O4. The molecule has 0 saturated heterocycles. The molecule has 0 spiro atoms. The molecule has 222 valence electrons. The predicted octanol–water partition coefficient (Wildman–Crippen LogP) is 8.96. The van der Waals surface area contributed by atoms with Gasteiger partial charge in [-0.1, -0.05) is 84.2 Å². The molecule has 1 aromatic carbocycles. The van der Waals surface area contributed by atoms with Crippen molar-refractivity contribution in [2.75, 3.05) is 7.11 Å². The summed E-state index contributed by atoms with van der Waals surface area (Å²) in [6, 6.07) is 7.97. The molecule has 1 aromatic rings. The molecule has 6 rings (SSSR count). The van der Waals surface area contributed by atoms with E-state index in [2.05, 4.69) is 65.8 Å². The summed E-state index contributed by atoms with van der Waals surface area (Å²) in [5.41, 5.74) is 4.54. The molecule has 8 unspecified atom stereocenters. The summed E-state index contributed by atoms with van der Waals surface area (Å²) in [6.07, 6.45) is 14.5. The Labute approximate surface area is 247 Å². The molecule has 0 amide bonds. The SMILES string of the molecule is COC(=O)c1ccc(C2=CCC3(C)C(CCC4(C)C3CC=C3C5C(C)CCCC5(C(=O)O)CCC34C)C2(C)C)cc1. The van der Waals surface area contributed by atoms with E-state index in [4.69, 9.17) is 4.74 Å². The van der Waals surface area contributed by atoms with E-state index in [1.165, 1.54) is 36.7 Å². The number of rotatable bonds is 3. The van der Waals surface area contributed by atoms with E-state index in [1.54, 1.807) is 0 Å². The van der Waals surface area contributed by atoms with Gasteiger partial charge in [0.1, 0.15) is 0 Å². The van der Waals surface area contributed by atoms with E-state index < -0.39 is 11.4 Å². The third-order valence-electron chi connectivity index (χ3n) is 14.0. The van der Waals surface area contributed by atoms with Crippen molar-refractivity contribution in [3.63, 3.8) is 0 Å². The quantitative estimate of drug-likeness (QED) is 0.297. The Morgan fingerprint density at radius 3 is 2.27 bits per heavy atom. The number of hydrogen-bond donors (Lipinski definition) is 1. The number of carbonyl (C=O) groups excluding carboxylic acids is 1. The smallest absolute Gasteiger partial charge is 0.337 e. The summed E-state index contributed by atoms with van der Waals surface area (Å²) >= 11 is 0. The molecule has 0 heterocycles. The van der Waals surface area contributed by atoms with Gasteiger partial charge in [0, 0.05) is 0 Å². The second kappa shape index (κ2) is 9.32. The minimum Gasteiger partial charge on any atom is -0.481 e. The van der Waals surface area contributed by atoms with Crippen LogP contribution in [-0.2, 0) is 9.53 Å². The molecule has 5 aliphatic carbocycles. The molecule has 0 aliphatic heterocycles. The minimum absolute atomic E-state index is 0.00885. The number of carboxylic acid groups (broad SMARTS) is 1. The van der Waals surface area contributed by atoms with Crippen LogP contribution in [0, 0.1) is 50.7 Å². The van der Waals surface area contributed by atoms with Gasteiger partial charge in [0.2, 0.25) is 0 Å². The van der Waals surface area contributed by atoms with Crippen molar-refractivity contribution in [2.24, 2.45) is 50.7 Å². The van der Waals surface area contributed by atoms with Crippen LogP contribution in [0.15, 0.2) is 42.0 Å². The van der Waals surface area contributed by atoms with Gasteiger partial charge in [-0.3, -0.25) is 4.79 Å². The van der Waals surface area contributed by atoms with Gasteiger partial charge in [-0.2, -0.15) is 0 Å². The summed E-state index contributed by atoms with van der Waals surface area (Å²) in [4.78, 5) is 24.9. The lowest BCUT2D eigenvalue weighted by Crippen LogP contribution is -2.63. The van der Waals surface area contributed by atoms with Crippen LogP contribution in [0.4, 0.5) is 0 Å². The van der Waals surface area contributed by atoms with Gasteiger partial charge in [0.25, 0.3) is 0 Å². The number of carboxylic acids is 1. The average molecular weight is 559 g/mol. The third-order valence-corrected chi connectivity index (χ3v) is 14.0. The summed E-state index contributed by atoms with van der Waals surface area (Å²) in [7, 11) is 1.43. The van der Waals surface area contributed by atoms with Crippen molar-refractivity contribution in [1.82, 2.24) is 0 Å². The summed E-state index contributed by atoms with van der Waals surface area (Å²) < 4.78 is 4.92. The second-order valence-electron chi connectivity index (χ2n) is 15.7. The lowest BCUT2D eigenvalue weighted by atomic mass is 9.33. The van der Waals surface area contributed by atoms with Crippen LogP contribution in [0.25, 0.3) is 5.57 Å². The first-order chi connectivity index (χ1) is 19.3. The number of ether oxygens (including phenoxy) is 1. The normalized spacial score (nSPS) is 42.8. The van der Waals surface area contributed by atoms with Crippen molar-refractivity contribution < 1.29 is 19.4 Å². The number of benzene rings is 1. The van der Waals surface area contributed by atoms with Gasteiger partial charge >= 0.3 is 11.9 Å². The number of esters is 1. The van der Waals surface area contributed by atoms with Gasteiger partial charge in [0.15, 0.2) is 0 Å². The van der Waals surface area contributed by atoms with Crippen molar-refractivity contribution in [3.8, 4) is 0 Å². The molecule has 41 heavy (non-hydrogen) atoms. The molecule has 0 bridgehead atoms. The van der Waals surface area contributed by atoms with Crippen molar-refractivity contribution in [2.45, 2.75) is 99.3 Å².